The van der Waals surface area contributed by atoms with E-state index in [0.717, 1.165) is 0 Å². The first-order valence-electron chi connectivity index (χ1n) is 5.70. The lowest BCUT2D eigenvalue weighted by atomic mass is 10.2. The van der Waals surface area contributed by atoms with Gasteiger partial charge in [-0.25, -0.2) is 4.79 Å². The number of carboxylic acids is 1. The van der Waals surface area contributed by atoms with E-state index >= 15 is 0 Å². The molecule has 2 fully saturated rings. The molecule has 0 bridgehead atoms. The number of carboxylic acid groups (broad SMARTS) is 1. The van der Waals surface area contributed by atoms with Gasteiger partial charge in [0.2, 0.25) is 0 Å². The second-order valence-electron chi connectivity index (χ2n) is 4.40. The molecule has 2 heterocycles. The molecule has 17 heavy (non-hydrogen) atoms. The highest BCUT2D eigenvalue weighted by Crippen LogP contribution is 2.19. The molecule has 7 heteroatoms. The smallest absolute Gasteiger partial charge is 0.342 e. The molecule has 7 nitrogen and oxygen atoms in total. The van der Waals surface area contributed by atoms with Crippen LogP contribution in [-0.2, 0) is 14.4 Å². The standard InChI is InChI=1S/C10H16N2O5/c13-6-4-7(11-5-6)10(16)17-12-3-1-2-8(12)9(14)15/h6-8,11,13H,1-5H2,(H,14,15)/t6?,7?,8-/m0/s1. The van der Waals surface area contributed by atoms with Crippen molar-refractivity contribution in [2.45, 2.75) is 37.5 Å². The van der Waals surface area contributed by atoms with E-state index in [1.807, 2.05) is 0 Å². The first-order valence-corrected chi connectivity index (χ1v) is 5.70. The van der Waals surface area contributed by atoms with E-state index in [9.17, 15) is 14.7 Å². The summed E-state index contributed by atoms with van der Waals surface area (Å²) in [6, 6.07) is -1.29. The van der Waals surface area contributed by atoms with Crippen molar-refractivity contribution < 1.29 is 24.6 Å². The molecule has 96 valence electrons. The number of aliphatic carboxylic acids is 1. The van der Waals surface area contributed by atoms with Crippen LogP contribution in [0.5, 0.6) is 0 Å². The molecule has 0 aromatic rings. The third-order valence-electron chi connectivity index (χ3n) is 3.09. The van der Waals surface area contributed by atoms with E-state index in [1.165, 1.54) is 5.06 Å². The number of hydroxylamine groups is 2. The molecular formula is C10H16N2O5. The number of β-amino-alcohol motifs (C(OH)–C–C–N with tert-alkyl or cyclic N) is 1. The van der Waals surface area contributed by atoms with Crippen LogP contribution >= 0.6 is 0 Å². The van der Waals surface area contributed by atoms with Gasteiger partial charge >= 0.3 is 11.9 Å². The summed E-state index contributed by atoms with van der Waals surface area (Å²) in [7, 11) is 0. The largest absolute Gasteiger partial charge is 0.480 e. The molecule has 0 spiro atoms. The van der Waals surface area contributed by atoms with Crippen LogP contribution in [0.25, 0.3) is 0 Å². The molecule has 2 aliphatic heterocycles. The number of carbonyl (C=O) groups is 2. The van der Waals surface area contributed by atoms with Gasteiger partial charge in [0.05, 0.1) is 6.10 Å². The van der Waals surface area contributed by atoms with E-state index in [0.29, 0.717) is 32.4 Å². The van der Waals surface area contributed by atoms with Gasteiger partial charge in [0.1, 0.15) is 12.1 Å². The van der Waals surface area contributed by atoms with Gasteiger partial charge in [-0.3, -0.25) is 4.79 Å². The van der Waals surface area contributed by atoms with Gasteiger partial charge in [0, 0.05) is 19.5 Å². The molecule has 0 aromatic heterocycles. The fraction of sp³-hybridized carbons (Fsp3) is 0.800. The number of hydrogen-bond acceptors (Lipinski definition) is 6. The summed E-state index contributed by atoms with van der Waals surface area (Å²) in [5.41, 5.74) is 0. The van der Waals surface area contributed by atoms with Gasteiger partial charge in [-0.2, -0.15) is 0 Å². The van der Waals surface area contributed by atoms with Gasteiger partial charge in [-0.1, -0.05) is 0 Å². The Morgan fingerprint density at radius 2 is 2.18 bits per heavy atom. The molecule has 0 aromatic carbocycles. The summed E-state index contributed by atoms with van der Waals surface area (Å²) in [6.45, 7) is 0.806. The van der Waals surface area contributed by atoms with E-state index in [4.69, 9.17) is 9.94 Å². The SMILES string of the molecule is O=C(ON1CCC[C@H]1C(=O)O)C1CC(O)CN1. The zero-order valence-electron chi connectivity index (χ0n) is 9.33. The van der Waals surface area contributed by atoms with Crippen LogP contribution in [0, 0.1) is 0 Å². The molecule has 2 saturated heterocycles. The van der Waals surface area contributed by atoms with Crippen LogP contribution in [0.2, 0.25) is 0 Å². The quantitative estimate of drug-likeness (QED) is 0.568. The topological polar surface area (TPSA) is 99.1 Å². The van der Waals surface area contributed by atoms with E-state index < -0.39 is 30.1 Å². The number of carbonyl (C=O) groups excluding carboxylic acids is 1. The molecule has 2 rings (SSSR count). The molecule has 0 saturated carbocycles. The number of nitrogens with one attached hydrogen (secondary N) is 1. The van der Waals surface area contributed by atoms with Crippen molar-refractivity contribution in [1.29, 1.82) is 0 Å². The molecule has 2 unspecified atom stereocenters. The van der Waals surface area contributed by atoms with Crippen molar-refractivity contribution in [2.24, 2.45) is 0 Å². The molecule has 3 atom stereocenters. The first-order chi connectivity index (χ1) is 8.08. The third kappa shape index (κ3) is 2.74. The van der Waals surface area contributed by atoms with Gasteiger partial charge in [-0.15, -0.1) is 5.06 Å². The Kier molecular flexibility index (Phi) is 3.60. The molecule has 3 N–H and O–H groups in total. The minimum absolute atomic E-state index is 0.310. The van der Waals surface area contributed by atoms with Crippen LogP contribution in [0.3, 0.4) is 0 Å². The van der Waals surface area contributed by atoms with Crippen LogP contribution in [0.4, 0.5) is 0 Å². The fourth-order valence-corrected chi connectivity index (χ4v) is 2.17. The number of aliphatic hydroxyl groups is 1. The highest BCUT2D eigenvalue weighted by Gasteiger charge is 2.36. The van der Waals surface area contributed by atoms with Crippen LogP contribution < -0.4 is 5.32 Å². The molecule has 0 radical (unpaired) electrons. The van der Waals surface area contributed by atoms with Crippen molar-refractivity contribution >= 4 is 11.9 Å². The lowest BCUT2D eigenvalue weighted by molar-refractivity contribution is -0.201. The summed E-state index contributed by atoms with van der Waals surface area (Å²) in [4.78, 5) is 27.6. The third-order valence-corrected chi connectivity index (χ3v) is 3.09. The number of aliphatic hydroxyl groups excluding tert-OH is 1. The zero-order valence-corrected chi connectivity index (χ0v) is 9.33. The lowest BCUT2D eigenvalue weighted by Crippen LogP contribution is -2.42. The maximum atomic E-state index is 11.7. The maximum Gasteiger partial charge on any atom is 0.342 e. The summed E-state index contributed by atoms with van der Waals surface area (Å²) in [6.07, 6.45) is 0.958. The Hall–Kier alpha value is -1.18. The number of hydrogen-bond donors (Lipinski definition) is 3. The number of rotatable bonds is 3. The Bertz CT molecular complexity index is 322. The lowest BCUT2D eigenvalue weighted by Gasteiger charge is -2.21. The van der Waals surface area contributed by atoms with Gasteiger partial charge < -0.3 is 20.4 Å². The Morgan fingerprint density at radius 3 is 2.76 bits per heavy atom. The van der Waals surface area contributed by atoms with Crippen molar-refractivity contribution in [3.05, 3.63) is 0 Å². The summed E-state index contributed by atoms with van der Waals surface area (Å²) < 4.78 is 0. The molecule has 2 aliphatic rings. The first kappa shape index (κ1) is 12.3. The van der Waals surface area contributed by atoms with Crippen molar-refractivity contribution in [3.63, 3.8) is 0 Å². The Morgan fingerprint density at radius 1 is 1.41 bits per heavy atom. The van der Waals surface area contributed by atoms with Crippen molar-refractivity contribution in [2.75, 3.05) is 13.1 Å². The second kappa shape index (κ2) is 4.99. The average Bonchev–Trinajstić information content (AvgIpc) is 2.86. The highest BCUT2D eigenvalue weighted by atomic mass is 16.7. The zero-order chi connectivity index (χ0) is 12.4. The average molecular weight is 244 g/mol. The predicted molar refractivity (Wildman–Crippen MR) is 55.9 cm³/mol. The Labute approximate surface area is 98.3 Å². The normalized spacial score (nSPS) is 33.8. The van der Waals surface area contributed by atoms with Crippen LogP contribution in [0.1, 0.15) is 19.3 Å². The van der Waals surface area contributed by atoms with E-state index in [2.05, 4.69) is 5.32 Å². The minimum atomic E-state index is -0.977. The molecule has 0 aliphatic carbocycles. The fourth-order valence-electron chi connectivity index (χ4n) is 2.17. The summed E-state index contributed by atoms with van der Waals surface area (Å²) in [5.74, 6) is -1.50. The Balaban J connectivity index is 1.88. The summed E-state index contributed by atoms with van der Waals surface area (Å²) >= 11 is 0. The van der Waals surface area contributed by atoms with E-state index in [1.54, 1.807) is 0 Å². The van der Waals surface area contributed by atoms with Gasteiger partial charge in [-0.05, 0) is 12.8 Å². The van der Waals surface area contributed by atoms with Gasteiger partial charge in [0.25, 0.3) is 0 Å². The molecule has 0 amide bonds. The van der Waals surface area contributed by atoms with Gasteiger partial charge in [0.15, 0.2) is 0 Å². The van der Waals surface area contributed by atoms with Crippen molar-refractivity contribution in [3.8, 4) is 0 Å². The van der Waals surface area contributed by atoms with Crippen LogP contribution in [-0.4, -0.2) is 58.5 Å². The minimum Gasteiger partial charge on any atom is -0.480 e. The van der Waals surface area contributed by atoms with Crippen molar-refractivity contribution in [1.82, 2.24) is 10.4 Å². The molecular weight excluding hydrogens is 228 g/mol. The van der Waals surface area contributed by atoms with Crippen LogP contribution in [0.15, 0.2) is 0 Å². The summed E-state index contributed by atoms with van der Waals surface area (Å²) in [5, 5.41) is 22.2. The second-order valence-corrected chi connectivity index (χ2v) is 4.40. The monoisotopic (exact) mass is 244 g/mol. The predicted octanol–water partition coefficient (Wildman–Crippen LogP) is -1.28. The van der Waals surface area contributed by atoms with E-state index in [-0.39, 0.29) is 0 Å². The highest BCUT2D eigenvalue weighted by molar-refractivity contribution is 5.77. The number of nitrogens with zero attached hydrogens (tertiary/aromatic N) is 1. The maximum absolute atomic E-state index is 11.7.